The SMILES string of the molecule is Cc1cccc(C[C@H](O)C=C[C@@H]2[C@H]3CC(CCCC(=O)N(C(C)C)C(C)C)=C[C@H]3C[C@H]2O)c1. The van der Waals surface area contributed by atoms with E-state index < -0.39 is 6.10 Å². The Labute approximate surface area is 200 Å². The van der Waals surface area contributed by atoms with Crippen LogP contribution in [0.1, 0.15) is 70.9 Å². The van der Waals surface area contributed by atoms with Crippen molar-refractivity contribution in [1.29, 1.82) is 0 Å². The Kier molecular flexibility index (Phi) is 8.95. The molecule has 2 aliphatic carbocycles. The van der Waals surface area contributed by atoms with Gasteiger partial charge in [-0.3, -0.25) is 4.79 Å². The fourth-order valence-electron chi connectivity index (χ4n) is 5.96. The van der Waals surface area contributed by atoms with Crippen LogP contribution in [0.5, 0.6) is 0 Å². The molecule has 0 aliphatic heterocycles. The van der Waals surface area contributed by atoms with E-state index in [0.29, 0.717) is 24.7 Å². The van der Waals surface area contributed by atoms with Crippen LogP contribution >= 0.6 is 0 Å². The van der Waals surface area contributed by atoms with Crippen LogP contribution in [0.4, 0.5) is 0 Å². The average molecular weight is 454 g/mol. The van der Waals surface area contributed by atoms with Gasteiger partial charge in [0.05, 0.1) is 12.2 Å². The molecule has 182 valence electrons. The first-order valence-corrected chi connectivity index (χ1v) is 12.8. The summed E-state index contributed by atoms with van der Waals surface area (Å²) in [6.45, 7) is 10.4. The van der Waals surface area contributed by atoms with Crippen LogP contribution in [0.15, 0.2) is 48.1 Å². The van der Waals surface area contributed by atoms with E-state index in [9.17, 15) is 15.0 Å². The normalized spacial score (nSPS) is 25.7. The van der Waals surface area contributed by atoms with Crippen molar-refractivity contribution in [3.8, 4) is 0 Å². The molecule has 2 aliphatic rings. The number of hydrogen-bond donors (Lipinski definition) is 2. The summed E-state index contributed by atoms with van der Waals surface area (Å²) in [6, 6.07) is 8.71. The van der Waals surface area contributed by atoms with Crippen LogP contribution in [0, 0.1) is 24.7 Å². The van der Waals surface area contributed by atoms with Gasteiger partial charge in [0.1, 0.15) is 0 Å². The Balaban J connectivity index is 1.49. The molecule has 0 bridgehead atoms. The summed E-state index contributed by atoms with van der Waals surface area (Å²) in [5.41, 5.74) is 3.76. The van der Waals surface area contributed by atoms with Crippen molar-refractivity contribution in [2.24, 2.45) is 17.8 Å². The first-order chi connectivity index (χ1) is 15.7. The average Bonchev–Trinajstić information content (AvgIpc) is 3.22. The molecule has 1 amide bonds. The summed E-state index contributed by atoms with van der Waals surface area (Å²) in [5.74, 6) is 1.17. The summed E-state index contributed by atoms with van der Waals surface area (Å²) >= 11 is 0. The minimum absolute atomic E-state index is 0.0925. The van der Waals surface area contributed by atoms with Crippen molar-refractivity contribution in [2.45, 2.75) is 97.4 Å². The van der Waals surface area contributed by atoms with Crippen molar-refractivity contribution in [3.05, 3.63) is 59.2 Å². The lowest BCUT2D eigenvalue weighted by Crippen LogP contribution is -2.41. The third-order valence-electron chi connectivity index (χ3n) is 7.32. The monoisotopic (exact) mass is 453 g/mol. The summed E-state index contributed by atoms with van der Waals surface area (Å²) < 4.78 is 0. The molecule has 4 nitrogen and oxygen atoms in total. The molecule has 33 heavy (non-hydrogen) atoms. The lowest BCUT2D eigenvalue weighted by Gasteiger charge is -2.31. The topological polar surface area (TPSA) is 60.8 Å². The Morgan fingerprint density at radius 1 is 1.21 bits per heavy atom. The second kappa shape index (κ2) is 11.5. The fourth-order valence-corrected chi connectivity index (χ4v) is 5.96. The van der Waals surface area contributed by atoms with Gasteiger partial charge in [-0.15, -0.1) is 0 Å². The van der Waals surface area contributed by atoms with E-state index >= 15 is 0 Å². The highest BCUT2D eigenvalue weighted by molar-refractivity contribution is 5.76. The molecule has 3 rings (SSSR count). The van der Waals surface area contributed by atoms with Gasteiger partial charge in [-0.1, -0.05) is 53.6 Å². The number of carbonyl (C=O) groups is 1. The molecule has 1 aromatic rings. The van der Waals surface area contributed by atoms with E-state index in [-0.39, 0.29) is 30.0 Å². The van der Waals surface area contributed by atoms with E-state index in [0.717, 1.165) is 31.2 Å². The summed E-state index contributed by atoms with van der Waals surface area (Å²) in [6.07, 6.45) is 10.2. The molecule has 5 atom stereocenters. The summed E-state index contributed by atoms with van der Waals surface area (Å²) in [7, 11) is 0. The van der Waals surface area contributed by atoms with Crippen molar-refractivity contribution in [1.82, 2.24) is 4.90 Å². The van der Waals surface area contributed by atoms with Gasteiger partial charge in [-0.2, -0.15) is 0 Å². The zero-order valence-electron chi connectivity index (χ0n) is 21.1. The minimum Gasteiger partial charge on any atom is -0.392 e. The van der Waals surface area contributed by atoms with Gasteiger partial charge in [0.15, 0.2) is 0 Å². The van der Waals surface area contributed by atoms with Crippen molar-refractivity contribution < 1.29 is 15.0 Å². The standard InChI is InChI=1S/C29H43NO3/c1-19(2)30(20(3)4)29(33)11-7-10-23-15-24-18-28(32)26(27(24)17-23)13-12-25(31)16-22-9-6-8-21(5)14-22/h6,8-9,12-15,19-20,24-28,31-32H,7,10-11,16-18H2,1-5H3/t24-,25+,26+,27-,28+/m0/s1. The predicted molar refractivity (Wildman–Crippen MR) is 135 cm³/mol. The first kappa shape index (κ1) is 25.7. The second-order valence-corrected chi connectivity index (χ2v) is 10.7. The van der Waals surface area contributed by atoms with E-state index in [4.69, 9.17) is 0 Å². The van der Waals surface area contributed by atoms with Crippen LogP contribution in [-0.2, 0) is 11.2 Å². The number of aliphatic hydroxyl groups is 2. The Hall–Kier alpha value is -1.91. The zero-order valence-corrected chi connectivity index (χ0v) is 21.1. The molecule has 0 radical (unpaired) electrons. The lowest BCUT2D eigenvalue weighted by atomic mass is 9.88. The first-order valence-electron chi connectivity index (χ1n) is 12.8. The number of hydrogen-bond acceptors (Lipinski definition) is 3. The minimum atomic E-state index is -0.539. The van der Waals surface area contributed by atoms with E-state index in [1.807, 2.05) is 23.1 Å². The molecule has 0 heterocycles. The largest absolute Gasteiger partial charge is 0.392 e. The molecular formula is C29H43NO3. The number of amides is 1. The van der Waals surface area contributed by atoms with E-state index in [1.54, 1.807) is 0 Å². The van der Waals surface area contributed by atoms with Crippen molar-refractivity contribution >= 4 is 5.91 Å². The van der Waals surface area contributed by atoms with Crippen LogP contribution in [0.3, 0.4) is 0 Å². The van der Waals surface area contributed by atoms with Crippen LogP contribution < -0.4 is 0 Å². The summed E-state index contributed by atoms with van der Waals surface area (Å²) in [5, 5.41) is 21.1. The highest BCUT2D eigenvalue weighted by Crippen LogP contribution is 2.48. The highest BCUT2D eigenvalue weighted by atomic mass is 16.3. The number of benzene rings is 1. The second-order valence-electron chi connectivity index (χ2n) is 10.7. The Bertz CT molecular complexity index is 848. The number of aliphatic hydroxyl groups excluding tert-OH is 2. The van der Waals surface area contributed by atoms with Crippen LogP contribution in [-0.4, -0.2) is 45.3 Å². The van der Waals surface area contributed by atoms with Crippen molar-refractivity contribution in [2.75, 3.05) is 0 Å². The highest BCUT2D eigenvalue weighted by Gasteiger charge is 2.43. The molecule has 1 fully saturated rings. The maximum atomic E-state index is 12.6. The molecule has 0 unspecified atom stereocenters. The third-order valence-corrected chi connectivity index (χ3v) is 7.32. The van der Waals surface area contributed by atoms with Gasteiger partial charge >= 0.3 is 0 Å². The van der Waals surface area contributed by atoms with Gasteiger partial charge in [0.2, 0.25) is 5.91 Å². The number of aryl methyl sites for hydroxylation is 1. The Morgan fingerprint density at radius 2 is 1.94 bits per heavy atom. The maximum absolute atomic E-state index is 12.6. The molecule has 2 N–H and O–H groups in total. The lowest BCUT2D eigenvalue weighted by molar-refractivity contribution is -0.134. The maximum Gasteiger partial charge on any atom is 0.223 e. The van der Waals surface area contributed by atoms with Gasteiger partial charge in [-0.25, -0.2) is 0 Å². The molecule has 4 heteroatoms. The number of fused-ring (bicyclic) bond motifs is 1. The van der Waals surface area contributed by atoms with Gasteiger partial charge in [-0.05, 0) is 77.7 Å². The zero-order chi connectivity index (χ0) is 24.1. The van der Waals surface area contributed by atoms with E-state index in [1.165, 1.54) is 11.1 Å². The number of rotatable bonds is 10. The molecule has 0 aromatic heterocycles. The third kappa shape index (κ3) is 6.80. The molecule has 1 saturated carbocycles. The van der Waals surface area contributed by atoms with Gasteiger partial charge < -0.3 is 15.1 Å². The fraction of sp³-hybridized carbons (Fsp3) is 0.621. The quantitative estimate of drug-likeness (QED) is 0.478. The summed E-state index contributed by atoms with van der Waals surface area (Å²) in [4.78, 5) is 14.6. The predicted octanol–water partition coefficient (Wildman–Crippen LogP) is 5.21. The van der Waals surface area contributed by atoms with Gasteiger partial charge in [0, 0.05) is 30.8 Å². The van der Waals surface area contributed by atoms with Gasteiger partial charge in [0.25, 0.3) is 0 Å². The van der Waals surface area contributed by atoms with Crippen molar-refractivity contribution in [3.63, 3.8) is 0 Å². The van der Waals surface area contributed by atoms with E-state index in [2.05, 4.69) is 58.9 Å². The molecule has 0 saturated heterocycles. The smallest absolute Gasteiger partial charge is 0.223 e. The molecule has 0 spiro atoms. The van der Waals surface area contributed by atoms with Crippen LogP contribution in [0.25, 0.3) is 0 Å². The molecular weight excluding hydrogens is 410 g/mol. The number of carbonyl (C=O) groups excluding carboxylic acids is 1. The van der Waals surface area contributed by atoms with Crippen LogP contribution in [0.2, 0.25) is 0 Å². The Morgan fingerprint density at radius 3 is 2.61 bits per heavy atom. The number of nitrogens with zero attached hydrogens (tertiary/aromatic N) is 1. The number of allylic oxidation sites excluding steroid dienone is 2. The molecule has 1 aromatic carbocycles.